The molecule has 0 unspecified atom stereocenters. The third kappa shape index (κ3) is 2.18. The summed E-state index contributed by atoms with van der Waals surface area (Å²) >= 11 is 0. The van der Waals surface area contributed by atoms with Crippen LogP contribution in [-0.4, -0.2) is 20.5 Å². The van der Waals surface area contributed by atoms with E-state index in [0.717, 1.165) is 16.7 Å². The summed E-state index contributed by atoms with van der Waals surface area (Å²) in [4.78, 5) is 16.2. The van der Waals surface area contributed by atoms with E-state index >= 15 is 0 Å². The second-order valence-electron chi connectivity index (χ2n) is 5.35. The zero-order valence-corrected chi connectivity index (χ0v) is 12.2. The van der Waals surface area contributed by atoms with Gasteiger partial charge in [0.25, 0.3) is 0 Å². The Labute approximate surface area is 122 Å². The number of rotatable bonds is 2. The van der Waals surface area contributed by atoms with Crippen LogP contribution in [0.5, 0.6) is 0 Å². The molecule has 4 heteroatoms. The number of pyridine rings is 1. The van der Waals surface area contributed by atoms with Crippen molar-refractivity contribution >= 4 is 11.6 Å². The number of carboxylic acid groups (broad SMARTS) is 1. The Morgan fingerprint density at radius 1 is 1.10 bits per heavy atom. The normalized spacial score (nSPS) is 11.0. The Kier molecular flexibility index (Phi) is 3.01. The first-order chi connectivity index (χ1) is 9.97. The lowest BCUT2D eigenvalue weighted by atomic mass is 10.0. The summed E-state index contributed by atoms with van der Waals surface area (Å²) < 4.78 is 1.62. The van der Waals surface area contributed by atoms with Gasteiger partial charge in [-0.05, 0) is 55.7 Å². The monoisotopic (exact) mass is 280 g/mol. The lowest BCUT2D eigenvalue weighted by molar-refractivity contribution is 0.0690. The topological polar surface area (TPSA) is 54.6 Å². The highest BCUT2D eigenvalue weighted by molar-refractivity contribution is 5.94. The number of carboxylic acids is 1. The summed E-state index contributed by atoms with van der Waals surface area (Å²) in [5.74, 6) is -0.973. The Morgan fingerprint density at radius 3 is 2.52 bits per heavy atom. The highest BCUT2D eigenvalue weighted by Gasteiger charge is 2.20. The van der Waals surface area contributed by atoms with Gasteiger partial charge in [-0.1, -0.05) is 12.1 Å². The van der Waals surface area contributed by atoms with Gasteiger partial charge in [0.2, 0.25) is 0 Å². The molecule has 0 bridgehead atoms. The lowest BCUT2D eigenvalue weighted by Crippen LogP contribution is -2.03. The van der Waals surface area contributed by atoms with E-state index in [0.29, 0.717) is 11.3 Å². The van der Waals surface area contributed by atoms with E-state index < -0.39 is 5.97 Å². The third-order valence-corrected chi connectivity index (χ3v) is 3.76. The minimum absolute atomic E-state index is 0.202. The molecule has 3 rings (SSSR count). The summed E-state index contributed by atoms with van der Waals surface area (Å²) in [6.45, 7) is 6.01. The Morgan fingerprint density at radius 2 is 1.86 bits per heavy atom. The number of aryl methyl sites for hydroxylation is 3. The van der Waals surface area contributed by atoms with E-state index in [1.807, 2.05) is 51.1 Å². The van der Waals surface area contributed by atoms with Crippen molar-refractivity contribution in [3.05, 3.63) is 58.9 Å². The number of aromatic nitrogens is 2. The molecule has 2 heterocycles. The molecule has 0 saturated heterocycles. The molecule has 21 heavy (non-hydrogen) atoms. The molecule has 0 aliphatic heterocycles. The third-order valence-electron chi connectivity index (χ3n) is 3.76. The smallest absolute Gasteiger partial charge is 0.355 e. The van der Waals surface area contributed by atoms with Gasteiger partial charge < -0.3 is 5.11 Å². The van der Waals surface area contributed by atoms with E-state index in [1.54, 1.807) is 10.6 Å². The van der Waals surface area contributed by atoms with Crippen LogP contribution >= 0.6 is 0 Å². The number of aromatic carboxylic acids is 1. The molecule has 106 valence electrons. The van der Waals surface area contributed by atoms with Crippen LogP contribution in [0.15, 0.2) is 36.5 Å². The van der Waals surface area contributed by atoms with Crippen LogP contribution in [0, 0.1) is 20.8 Å². The van der Waals surface area contributed by atoms with E-state index in [4.69, 9.17) is 0 Å². The molecule has 0 fully saturated rings. The predicted octanol–water partition coefficient (Wildman–Crippen LogP) is 3.62. The average Bonchev–Trinajstić information content (AvgIpc) is 2.80. The van der Waals surface area contributed by atoms with Gasteiger partial charge in [0.1, 0.15) is 11.3 Å². The highest BCUT2D eigenvalue weighted by atomic mass is 16.4. The van der Waals surface area contributed by atoms with Gasteiger partial charge in [-0.15, -0.1) is 0 Å². The second-order valence-corrected chi connectivity index (χ2v) is 5.35. The molecule has 0 aliphatic rings. The van der Waals surface area contributed by atoms with Crippen LogP contribution in [-0.2, 0) is 0 Å². The van der Waals surface area contributed by atoms with E-state index in [9.17, 15) is 9.90 Å². The van der Waals surface area contributed by atoms with Crippen molar-refractivity contribution in [3.63, 3.8) is 0 Å². The van der Waals surface area contributed by atoms with Crippen molar-refractivity contribution in [2.75, 3.05) is 0 Å². The number of benzene rings is 1. The van der Waals surface area contributed by atoms with Crippen molar-refractivity contribution < 1.29 is 9.90 Å². The maximum atomic E-state index is 11.6. The van der Waals surface area contributed by atoms with Crippen LogP contribution in [0.4, 0.5) is 0 Å². The number of hydrogen-bond acceptors (Lipinski definition) is 2. The van der Waals surface area contributed by atoms with E-state index in [1.165, 1.54) is 5.56 Å². The van der Waals surface area contributed by atoms with Crippen molar-refractivity contribution in [3.8, 4) is 11.3 Å². The standard InChI is InChI=1S/C17H16N2O2/c1-10-6-7-19-14(8-10)18-15(16(19)17(20)21)13-5-4-11(2)12(3)9-13/h4-9H,1-3H3,(H,20,21). The SMILES string of the molecule is Cc1ccn2c(C(=O)O)c(-c3ccc(C)c(C)c3)nc2c1. The Bertz CT molecular complexity index is 863. The molecule has 0 aliphatic carbocycles. The van der Waals surface area contributed by atoms with E-state index in [2.05, 4.69) is 4.98 Å². The van der Waals surface area contributed by atoms with Gasteiger partial charge in [0, 0.05) is 11.8 Å². The zero-order chi connectivity index (χ0) is 15.1. The Balaban J connectivity index is 2.33. The lowest BCUT2D eigenvalue weighted by Gasteiger charge is -2.04. The molecule has 0 saturated carbocycles. The van der Waals surface area contributed by atoms with Gasteiger partial charge in [-0.3, -0.25) is 4.40 Å². The van der Waals surface area contributed by atoms with Crippen molar-refractivity contribution in [2.24, 2.45) is 0 Å². The van der Waals surface area contributed by atoms with Crippen molar-refractivity contribution in [2.45, 2.75) is 20.8 Å². The van der Waals surface area contributed by atoms with Crippen LogP contribution < -0.4 is 0 Å². The van der Waals surface area contributed by atoms with Gasteiger partial charge in [-0.25, -0.2) is 9.78 Å². The van der Waals surface area contributed by atoms with Crippen LogP contribution in [0.25, 0.3) is 16.9 Å². The molecule has 1 N–H and O–H groups in total. The summed E-state index contributed by atoms with van der Waals surface area (Å²) in [6, 6.07) is 9.66. The van der Waals surface area contributed by atoms with Crippen molar-refractivity contribution in [1.29, 1.82) is 0 Å². The van der Waals surface area contributed by atoms with Gasteiger partial charge in [0.05, 0.1) is 0 Å². The number of fused-ring (bicyclic) bond motifs is 1. The molecular formula is C17H16N2O2. The predicted molar refractivity (Wildman–Crippen MR) is 81.8 cm³/mol. The molecule has 3 aromatic rings. The van der Waals surface area contributed by atoms with Gasteiger partial charge in [-0.2, -0.15) is 0 Å². The fourth-order valence-electron chi connectivity index (χ4n) is 2.44. The summed E-state index contributed by atoms with van der Waals surface area (Å²) in [7, 11) is 0. The molecule has 4 nitrogen and oxygen atoms in total. The molecule has 0 amide bonds. The molecule has 0 atom stereocenters. The molecule has 0 radical (unpaired) electrons. The maximum Gasteiger partial charge on any atom is 0.355 e. The molecular weight excluding hydrogens is 264 g/mol. The first-order valence-electron chi connectivity index (χ1n) is 6.77. The number of carbonyl (C=O) groups is 1. The van der Waals surface area contributed by atoms with Gasteiger partial charge >= 0.3 is 5.97 Å². The summed E-state index contributed by atoms with van der Waals surface area (Å²) in [6.07, 6.45) is 1.76. The van der Waals surface area contributed by atoms with Crippen LogP contribution in [0.3, 0.4) is 0 Å². The first-order valence-corrected chi connectivity index (χ1v) is 6.77. The molecule has 1 aromatic carbocycles. The number of hydrogen-bond donors (Lipinski definition) is 1. The quantitative estimate of drug-likeness (QED) is 0.780. The fourth-order valence-corrected chi connectivity index (χ4v) is 2.44. The summed E-state index contributed by atoms with van der Waals surface area (Å²) in [5.41, 5.74) is 5.55. The highest BCUT2D eigenvalue weighted by Crippen LogP contribution is 2.26. The fraction of sp³-hybridized carbons (Fsp3) is 0.176. The second kappa shape index (κ2) is 4.74. The van der Waals surface area contributed by atoms with Crippen molar-refractivity contribution in [1.82, 2.24) is 9.38 Å². The first kappa shape index (κ1) is 13.4. The largest absolute Gasteiger partial charge is 0.476 e. The van der Waals surface area contributed by atoms with Crippen LogP contribution in [0.1, 0.15) is 27.2 Å². The van der Waals surface area contributed by atoms with Crippen LogP contribution in [0.2, 0.25) is 0 Å². The van der Waals surface area contributed by atoms with E-state index in [-0.39, 0.29) is 5.69 Å². The number of imidazole rings is 1. The number of nitrogens with zero attached hydrogens (tertiary/aromatic N) is 2. The Hall–Kier alpha value is -2.62. The average molecular weight is 280 g/mol. The molecule has 0 spiro atoms. The minimum Gasteiger partial charge on any atom is -0.476 e. The maximum absolute atomic E-state index is 11.6. The zero-order valence-electron chi connectivity index (χ0n) is 12.2. The molecule has 2 aromatic heterocycles. The summed E-state index contributed by atoms with van der Waals surface area (Å²) in [5, 5.41) is 9.55. The van der Waals surface area contributed by atoms with Gasteiger partial charge in [0.15, 0.2) is 5.69 Å². The minimum atomic E-state index is -0.973.